The van der Waals surface area contributed by atoms with Crippen molar-refractivity contribution in [2.24, 2.45) is 0 Å². The number of ether oxygens (including phenoxy) is 1. The van der Waals surface area contributed by atoms with Crippen LogP contribution in [0, 0.1) is 0 Å². The van der Waals surface area contributed by atoms with E-state index in [4.69, 9.17) is 5.73 Å². The van der Waals surface area contributed by atoms with E-state index in [-0.39, 0.29) is 23.0 Å². The van der Waals surface area contributed by atoms with Gasteiger partial charge in [0.2, 0.25) is 0 Å². The van der Waals surface area contributed by atoms with Crippen LogP contribution in [0.1, 0.15) is 31.4 Å². The Morgan fingerprint density at radius 1 is 1.50 bits per heavy atom. The molecule has 1 saturated carbocycles. The number of anilines is 1. The molecule has 1 fully saturated rings. The van der Waals surface area contributed by atoms with E-state index >= 15 is 0 Å². The van der Waals surface area contributed by atoms with Gasteiger partial charge in [0, 0.05) is 19.0 Å². The number of nitrogens with two attached hydrogens (primary N) is 1. The number of hydrogen-bond acceptors (Lipinski definition) is 4. The van der Waals surface area contributed by atoms with Crippen LogP contribution in [0.5, 0.6) is 5.75 Å². The van der Waals surface area contributed by atoms with E-state index in [2.05, 4.69) is 9.72 Å². The van der Waals surface area contributed by atoms with E-state index in [1.54, 1.807) is 0 Å². The standard InChI is InChI=1S/C13H13F2N3O2/c1-13(14,15)20-8-3-2-6-18-11(8)17-10(7-4-5-7)9(16)12(18)19/h2-3,6-7H,4-5,16H2,1H3. The Bertz CT molecular complexity index is 733. The number of nitrogens with zero attached hydrogens (tertiary/aromatic N) is 2. The summed E-state index contributed by atoms with van der Waals surface area (Å²) in [4.78, 5) is 16.4. The molecule has 7 heteroatoms. The molecule has 0 atom stereocenters. The number of hydrogen-bond donors (Lipinski definition) is 1. The maximum absolute atomic E-state index is 13.0. The number of pyridine rings is 1. The van der Waals surface area contributed by atoms with Crippen LogP contribution < -0.4 is 16.0 Å². The number of aromatic nitrogens is 2. The topological polar surface area (TPSA) is 69.6 Å². The molecule has 3 rings (SSSR count). The summed E-state index contributed by atoms with van der Waals surface area (Å²) >= 11 is 0. The van der Waals surface area contributed by atoms with Gasteiger partial charge in [-0.3, -0.25) is 9.20 Å². The molecule has 0 amide bonds. The van der Waals surface area contributed by atoms with Gasteiger partial charge in [0.1, 0.15) is 5.69 Å². The lowest BCUT2D eigenvalue weighted by molar-refractivity contribution is -0.158. The van der Waals surface area contributed by atoms with E-state index < -0.39 is 11.7 Å². The van der Waals surface area contributed by atoms with Crippen LogP contribution in [-0.4, -0.2) is 15.5 Å². The summed E-state index contributed by atoms with van der Waals surface area (Å²) in [6, 6.07) is 2.79. The molecule has 2 N–H and O–H groups in total. The van der Waals surface area contributed by atoms with E-state index in [1.807, 2.05) is 0 Å². The van der Waals surface area contributed by atoms with Gasteiger partial charge in [-0.25, -0.2) is 4.98 Å². The third-order valence-electron chi connectivity index (χ3n) is 3.14. The van der Waals surface area contributed by atoms with Crippen LogP contribution in [0.2, 0.25) is 0 Å². The van der Waals surface area contributed by atoms with E-state index in [1.165, 1.54) is 18.3 Å². The van der Waals surface area contributed by atoms with Gasteiger partial charge in [-0.15, -0.1) is 0 Å². The predicted octanol–water partition coefficient (Wildman–Crippen LogP) is 2.15. The second-order valence-electron chi connectivity index (χ2n) is 4.97. The molecule has 106 valence electrons. The quantitative estimate of drug-likeness (QED) is 0.935. The zero-order valence-electron chi connectivity index (χ0n) is 10.8. The first kappa shape index (κ1) is 12.8. The third-order valence-corrected chi connectivity index (χ3v) is 3.14. The lowest BCUT2D eigenvalue weighted by Crippen LogP contribution is -2.24. The molecule has 0 radical (unpaired) electrons. The van der Waals surface area contributed by atoms with Crippen molar-refractivity contribution in [1.82, 2.24) is 9.38 Å². The van der Waals surface area contributed by atoms with Gasteiger partial charge in [0.15, 0.2) is 11.4 Å². The zero-order chi connectivity index (χ0) is 14.5. The predicted molar refractivity (Wildman–Crippen MR) is 69.1 cm³/mol. The highest BCUT2D eigenvalue weighted by molar-refractivity contribution is 5.58. The number of nitrogen functional groups attached to an aromatic ring is 1. The highest BCUT2D eigenvalue weighted by Crippen LogP contribution is 2.41. The van der Waals surface area contributed by atoms with Gasteiger partial charge in [0.25, 0.3) is 5.56 Å². The van der Waals surface area contributed by atoms with Crippen molar-refractivity contribution < 1.29 is 13.5 Å². The van der Waals surface area contributed by atoms with Crippen molar-refractivity contribution in [3.8, 4) is 5.75 Å². The Labute approximate surface area is 113 Å². The monoisotopic (exact) mass is 281 g/mol. The van der Waals surface area contributed by atoms with E-state index in [0.717, 1.165) is 17.2 Å². The first-order valence-electron chi connectivity index (χ1n) is 6.24. The molecule has 0 unspecified atom stereocenters. The summed E-state index contributed by atoms with van der Waals surface area (Å²) < 4.78 is 31.7. The Kier molecular flexibility index (Phi) is 2.67. The highest BCUT2D eigenvalue weighted by Gasteiger charge is 2.30. The molecule has 0 aliphatic heterocycles. The van der Waals surface area contributed by atoms with Crippen molar-refractivity contribution in [2.75, 3.05) is 5.73 Å². The van der Waals surface area contributed by atoms with Crippen molar-refractivity contribution in [3.05, 3.63) is 34.4 Å². The summed E-state index contributed by atoms with van der Waals surface area (Å²) in [6.07, 6.45) is -0.112. The molecule has 1 aliphatic rings. The maximum Gasteiger partial charge on any atom is 0.395 e. The average Bonchev–Trinajstić information content (AvgIpc) is 3.16. The van der Waals surface area contributed by atoms with Crippen LogP contribution >= 0.6 is 0 Å². The minimum Gasteiger partial charge on any atom is -0.429 e. The van der Waals surface area contributed by atoms with Gasteiger partial charge in [0.05, 0.1) is 5.69 Å². The van der Waals surface area contributed by atoms with Gasteiger partial charge in [-0.2, -0.15) is 8.78 Å². The highest BCUT2D eigenvalue weighted by atomic mass is 19.3. The minimum absolute atomic E-state index is 0.0649. The van der Waals surface area contributed by atoms with Crippen LogP contribution in [-0.2, 0) is 0 Å². The van der Waals surface area contributed by atoms with Crippen molar-refractivity contribution in [1.29, 1.82) is 0 Å². The summed E-state index contributed by atoms with van der Waals surface area (Å²) in [7, 11) is 0. The van der Waals surface area contributed by atoms with E-state index in [0.29, 0.717) is 12.6 Å². The molecule has 0 spiro atoms. The Morgan fingerprint density at radius 3 is 2.80 bits per heavy atom. The minimum atomic E-state index is -3.35. The molecule has 0 aromatic carbocycles. The Balaban J connectivity index is 2.25. The molecule has 5 nitrogen and oxygen atoms in total. The summed E-state index contributed by atoms with van der Waals surface area (Å²) in [5.74, 6) is 0.00175. The molecule has 1 aliphatic carbocycles. The van der Waals surface area contributed by atoms with Crippen molar-refractivity contribution in [2.45, 2.75) is 31.8 Å². The molecule has 0 saturated heterocycles. The Hall–Kier alpha value is -2.18. The van der Waals surface area contributed by atoms with Crippen LogP contribution in [0.3, 0.4) is 0 Å². The number of fused-ring (bicyclic) bond motifs is 1. The van der Waals surface area contributed by atoms with E-state index in [9.17, 15) is 13.6 Å². The van der Waals surface area contributed by atoms with Gasteiger partial charge in [-0.05, 0) is 25.0 Å². The van der Waals surface area contributed by atoms with Gasteiger partial charge >= 0.3 is 6.11 Å². The van der Waals surface area contributed by atoms with Crippen LogP contribution in [0.25, 0.3) is 5.65 Å². The summed E-state index contributed by atoms with van der Waals surface area (Å²) in [6.45, 7) is 0.633. The first-order valence-corrected chi connectivity index (χ1v) is 6.24. The fourth-order valence-corrected chi connectivity index (χ4v) is 2.11. The molecule has 2 aromatic heterocycles. The average molecular weight is 281 g/mol. The van der Waals surface area contributed by atoms with Gasteiger partial charge in [-0.1, -0.05) is 0 Å². The normalized spacial score (nSPS) is 15.6. The lowest BCUT2D eigenvalue weighted by atomic mass is 10.2. The first-order chi connectivity index (χ1) is 9.37. The Morgan fingerprint density at radius 2 is 2.20 bits per heavy atom. The van der Waals surface area contributed by atoms with Crippen molar-refractivity contribution >= 4 is 11.3 Å². The number of halogens is 2. The number of alkyl halides is 2. The molecular formula is C13H13F2N3O2. The number of rotatable bonds is 3. The second kappa shape index (κ2) is 4.16. The largest absolute Gasteiger partial charge is 0.429 e. The summed E-state index contributed by atoms with van der Waals surface area (Å²) in [5, 5.41) is 0. The molecular weight excluding hydrogens is 268 g/mol. The van der Waals surface area contributed by atoms with Crippen molar-refractivity contribution in [3.63, 3.8) is 0 Å². The van der Waals surface area contributed by atoms with Crippen LogP contribution in [0.4, 0.5) is 14.5 Å². The van der Waals surface area contributed by atoms with Gasteiger partial charge < -0.3 is 10.5 Å². The zero-order valence-corrected chi connectivity index (χ0v) is 10.8. The SMILES string of the molecule is CC(F)(F)Oc1cccn2c(=O)c(N)c(C3CC3)nc12. The second-order valence-corrected chi connectivity index (χ2v) is 4.97. The molecule has 2 heterocycles. The molecule has 20 heavy (non-hydrogen) atoms. The lowest BCUT2D eigenvalue weighted by Gasteiger charge is -2.15. The fraction of sp³-hybridized carbons (Fsp3) is 0.385. The molecule has 0 bridgehead atoms. The summed E-state index contributed by atoms with van der Waals surface area (Å²) in [5.41, 5.74) is 5.94. The third kappa shape index (κ3) is 2.19. The maximum atomic E-state index is 13.0. The molecule has 2 aromatic rings. The smallest absolute Gasteiger partial charge is 0.395 e. The van der Waals surface area contributed by atoms with Crippen LogP contribution in [0.15, 0.2) is 23.1 Å². The fourth-order valence-electron chi connectivity index (χ4n) is 2.11.